The zero-order valence-electron chi connectivity index (χ0n) is 12.1. The van der Waals surface area contributed by atoms with E-state index in [0.717, 1.165) is 32.7 Å². The zero-order chi connectivity index (χ0) is 13.5. The van der Waals surface area contributed by atoms with Crippen molar-refractivity contribution in [3.63, 3.8) is 0 Å². The summed E-state index contributed by atoms with van der Waals surface area (Å²) in [5.41, 5.74) is 0. The number of likely N-dealkylation sites (tertiary alicyclic amines) is 1. The standard InChI is InChI=1S/C15H28N2O2/c1-2-3-4-14(11-18)16-13-5-8-17(9-6-13)15-7-10-19-12-15/h2-3,13-16,18H,4-12H2,1H3/b3-2+. The van der Waals surface area contributed by atoms with E-state index in [9.17, 15) is 5.11 Å². The minimum absolute atomic E-state index is 0.211. The first kappa shape index (κ1) is 15.0. The van der Waals surface area contributed by atoms with E-state index in [4.69, 9.17) is 4.74 Å². The number of nitrogens with zero attached hydrogens (tertiary/aromatic N) is 1. The van der Waals surface area contributed by atoms with Gasteiger partial charge in [0.05, 0.1) is 13.2 Å². The lowest BCUT2D eigenvalue weighted by molar-refractivity contribution is 0.111. The van der Waals surface area contributed by atoms with Gasteiger partial charge in [-0.3, -0.25) is 4.90 Å². The van der Waals surface area contributed by atoms with Crippen molar-refractivity contribution >= 4 is 0 Å². The fraction of sp³-hybridized carbons (Fsp3) is 0.867. The smallest absolute Gasteiger partial charge is 0.0622 e. The number of piperidine rings is 1. The van der Waals surface area contributed by atoms with E-state index in [2.05, 4.69) is 16.3 Å². The second kappa shape index (κ2) is 8.00. The maximum absolute atomic E-state index is 9.38. The van der Waals surface area contributed by atoms with Crippen LogP contribution in [0.25, 0.3) is 0 Å². The second-order valence-electron chi connectivity index (χ2n) is 5.68. The summed E-state index contributed by atoms with van der Waals surface area (Å²) in [5, 5.41) is 13.0. The van der Waals surface area contributed by atoms with Gasteiger partial charge < -0.3 is 15.2 Å². The first-order chi connectivity index (χ1) is 9.33. The molecular weight excluding hydrogens is 240 g/mol. The van der Waals surface area contributed by atoms with Gasteiger partial charge in [-0.2, -0.15) is 0 Å². The van der Waals surface area contributed by atoms with E-state index < -0.39 is 0 Å². The van der Waals surface area contributed by atoms with Crippen LogP contribution in [0.1, 0.15) is 32.6 Å². The molecule has 0 aromatic carbocycles. The van der Waals surface area contributed by atoms with Crippen molar-refractivity contribution in [2.45, 2.75) is 50.7 Å². The van der Waals surface area contributed by atoms with Crippen molar-refractivity contribution in [1.82, 2.24) is 10.2 Å². The third-order valence-electron chi connectivity index (χ3n) is 4.30. The molecule has 0 spiro atoms. The Kier molecular flexibility index (Phi) is 6.31. The van der Waals surface area contributed by atoms with Crippen molar-refractivity contribution in [3.05, 3.63) is 12.2 Å². The largest absolute Gasteiger partial charge is 0.395 e. The van der Waals surface area contributed by atoms with E-state index in [-0.39, 0.29) is 12.6 Å². The Labute approximate surface area is 116 Å². The molecule has 2 saturated heterocycles. The number of allylic oxidation sites excluding steroid dienone is 1. The van der Waals surface area contributed by atoms with Crippen molar-refractivity contribution in [2.75, 3.05) is 32.9 Å². The maximum atomic E-state index is 9.38. The predicted molar refractivity (Wildman–Crippen MR) is 77.3 cm³/mol. The Morgan fingerprint density at radius 3 is 2.74 bits per heavy atom. The Morgan fingerprint density at radius 1 is 1.37 bits per heavy atom. The van der Waals surface area contributed by atoms with Crippen LogP contribution in [0, 0.1) is 0 Å². The molecule has 0 aromatic heterocycles. The van der Waals surface area contributed by atoms with Crippen LogP contribution in [-0.4, -0.2) is 61.0 Å². The van der Waals surface area contributed by atoms with E-state index >= 15 is 0 Å². The average Bonchev–Trinajstić information content (AvgIpc) is 2.98. The van der Waals surface area contributed by atoms with Crippen LogP contribution < -0.4 is 5.32 Å². The highest BCUT2D eigenvalue weighted by molar-refractivity contribution is 4.88. The molecule has 2 aliphatic heterocycles. The Balaban J connectivity index is 1.69. The normalized spacial score (nSPS) is 28.2. The molecule has 2 N–H and O–H groups in total. The number of aliphatic hydroxyl groups excluding tert-OH is 1. The fourth-order valence-electron chi connectivity index (χ4n) is 3.07. The Morgan fingerprint density at radius 2 is 2.16 bits per heavy atom. The van der Waals surface area contributed by atoms with Gasteiger partial charge in [0, 0.05) is 37.8 Å². The van der Waals surface area contributed by atoms with Crippen molar-refractivity contribution in [1.29, 1.82) is 0 Å². The molecule has 0 saturated carbocycles. The Bertz CT molecular complexity index is 269. The zero-order valence-corrected chi connectivity index (χ0v) is 12.1. The molecule has 0 radical (unpaired) electrons. The first-order valence-electron chi connectivity index (χ1n) is 7.63. The third-order valence-corrected chi connectivity index (χ3v) is 4.30. The molecule has 4 heteroatoms. The van der Waals surface area contributed by atoms with Gasteiger partial charge in [-0.15, -0.1) is 0 Å². The quantitative estimate of drug-likeness (QED) is 0.710. The molecule has 110 valence electrons. The topological polar surface area (TPSA) is 44.7 Å². The monoisotopic (exact) mass is 268 g/mol. The van der Waals surface area contributed by atoms with Crippen LogP contribution in [-0.2, 0) is 4.74 Å². The van der Waals surface area contributed by atoms with Gasteiger partial charge in [0.1, 0.15) is 0 Å². The SMILES string of the molecule is C/C=C/CC(CO)NC1CCN(C2CCOC2)CC1. The number of rotatable bonds is 6. The average molecular weight is 268 g/mol. The molecule has 2 fully saturated rings. The van der Waals surface area contributed by atoms with Gasteiger partial charge in [0.15, 0.2) is 0 Å². The second-order valence-corrected chi connectivity index (χ2v) is 5.68. The molecule has 0 amide bonds. The van der Waals surface area contributed by atoms with Gasteiger partial charge in [-0.05, 0) is 32.6 Å². The molecule has 2 atom stereocenters. The lowest BCUT2D eigenvalue weighted by atomic mass is 10.0. The molecular formula is C15H28N2O2. The number of aliphatic hydroxyl groups is 1. The molecule has 2 rings (SSSR count). The van der Waals surface area contributed by atoms with Gasteiger partial charge in [0.25, 0.3) is 0 Å². The lowest BCUT2D eigenvalue weighted by Gasteiger charge is -2.36. The van der Waals surface area contributed by atoms with Gasteiger partial charge in [0.2, 0.25) is 0 Å². The lowest BCUT2D eigenvalue weighted by Crippen LogP contribution is -2.49. The first-order valence-corrected chi connectivity index (χ1v) is 7.63. The summed E-state index contributed by atoms with van der Waals surface area (Å²) in [7, 11) is 0. The molecule has 19 heavy (non-hydrogen) atoms. The fourth-order valence-corrected chi connectivity index (χ4v) is 3.07. The van der Waals surface area contributed by atoms with Crippen molar-refractivity contribution in [3.8, 4) is 0 Å². The third kappa shape index (κ3) is 4.56. The number of hydrogen-bond donors (Lipinski definition) is 2. The van der Waals surface area contributed by atoms with Crippen LogP contribution in [0.15, 0.2) is 12.2 Å². The molecule has 4 nitrogen and oxygen atoms in total. The summed E-state index contributed by atoms with van der Waals surface area (Å²) in [6, 6.07) is 1.42. The van der Waals surface area contributed by atoms with Crippen LogP contribution in [0.3, 0.4) is 0 Å². The van der Waals surface area contributed by atoms with Crippen LogP contribution in [0.5, 0.6) is 0 Å². The Hall–Kier alpha value is -0.420. The summed E-state index contributed by atoms with van der Waals surface area (Å²) in [5.74, 6) is 0. The van der Waals surface area contributed by atoms with Gasteiger partial charge in [-0.1, -0.05) is 12.2 Å². The summed E-state index contributed by atoms with van der Waals surface area (Å²) in [6.45, 7) is 6.41. The molecule has 0 aliphatic carbocycles. The maximum Gasteiger partial charge on any atom is 0.0622 e. The van der Waals surface area contributed by atoms with Crippen LogP contribution >= 0.6 is 0 Å². The van der Waals surface area contributed by atoms with Crippen molar-refractivity contribution < 1.29 is 9.84 Å². The summed E-state index contributed by atoms with van der Waals surface area (Å²) < 4.78 is 5.47. The van der Waals surface area contributed by atoms with E-state index in [1.165, 1.54) is 19.3 Å². The number of hydrogen-bond acceptors (Lipinski definition) is 4. The predicted octanol–water partition coefficient (Wildman–Crippen LogP) is 1.16. The summed E-state index contributed by atoms with van der Waals surface area (Å²) in [4.78, 5) is 2.57. The number of ether oxygens (including phenoxy) is 1. The molecule has 0 bridgehead atoms. The van der Waals surface area contributed by atoms with E-state index in [1.807, 2.05) is 13.0 Å². The van der Waals surface area contributed by atoms with Gasteiger partial charge in [-0.25, -0.2) is 0 Å². The summed E-state index contributed by atoms with van der Waals surface area (Å²) in [6.07, 6.45) is 8.65. The highest BCUT2D eigenvalue weighted by Crippen LogP contribution is 2.19. The minimum atomic E-state index is 0.211. The molecule has 2 unspecified atom stereocenters. The highest BCUT2D eigenvalue weighted by atomic mass is 16.5. The van der Waals surface area contributed by atoms with Crippen molar-refractivity contribution in [2.24, 2.45) is 0 Å². The summed E-state index contributed by atoms with van der Waals surface area (Å²) >= 11 is 0. The minimum Gasteiger partial charge on any atom is -0.395 e. The van der Waals surface area contributed by atoms with Crippen LogP contribution in [0.4, 0.5) is 0 Å². The van der Waals surface area contributed by atoms with Crippen LogP contribution in [0.2, 0.25) is 0 Å². The van der Waals surface area contributed by atoms with E-state index in [1.54, 1.807) is 0 Å². The number of nitrogens with one attached hydrogen (secondary N) is 1. The molecule has 2 aliphatic rings. The highest BCUT2D eigenvalue weighted by Gasteiger charge is 2.28. The molecule has 2 heterocycles. The molecule has 0 aromatic rings. The van der Waals surface area contributed by atoms with Gasteiger partial charge >= 0.3 is 0 Å². The van der Waals surface area contributed by atoms with E-state index in [0.29, 0.717) is 12.1 Å².